The first-order chi connectivity index (χ1) is 8.61. The molecule has 2 rings (SSSR count). The number of hydrogen-bond donors (Lipinski definition) is 1. The molecule has 0 unspecified atom stereocenters. The summed E-state index contributed by atoms with van der Waals surface area (Å²) in [5.41, 5.74) is 7.79. The number of nitrogens with two attached hydrogens (primary N) is 1. The minimum Gasteiger partial charge on any atom is -0.456 e. The van der Waals surface area contributed by atoms with Crippen molar-refractivity contribution in [2.45, 2.75) is 6.92 Å². The molecule has 0 aliphatic carbocycles. The van der Waals surface area contributed by atoms with Gasteiger partial charge < -0.3 is 10.5 Å². The molecule has 0 bridgehead atoms. The first-order valence-electron chi connectivity index (χ1n) is 5.34. The van der Waals surface area contributed by atoms with Crippen molar-refractivity contribution in [2.24, 2.45) is 0 Å². The van der Waals surface area contributed by atoms with Crippen LogP contribution >= 0.6 is 15.9 Å². The third-order valence-electron chi connectivity index (χ3n) is 2.53. The largest absolute Gasteiger partial charge is 0.456 e. The Labute approximate surface area is 114 Å². The van der Waals surface area contributed by atoms with Crippen molar-refractivity contribution in [3.8, 4) is 17.6 Å². The van der Waals surface area contributed by atoms with E-state index >= 15 is 0 Å². The molecule has 0 saturated heterocycles. The fourth-order valence-electron chi connectivity index (χ4n) is 1.53. The van der Waals surface area contributed by atoms with E-state index in [0.29, 0.717) is 21.5 Å². The molecular formula is C14H11BrN2O. The fourth-order valence-corrected chi connectivity index (χ4v) is 1.87. The number of halogens is 1. The van der Waals surface area contributed by atoms with Gasteiger partial charge in [-0.25, -0.2) is 0 Å². The lowest BCUT2D eigenvalue weighted by Gasteiger charge is -2.11. The van der Waals surface area contributed by atoms with E-state index in [1.54, 1.807) is 12.1 Å². The lowest BCUT2D eigenvalue weighted by Crippen LogP contribution is -1.94. The van der Waals surface area contributed by atoms with Gasteiger partial charge in [-0.2, -0.15) is 5.26 Å². The Hall–Kier alpha value is -1.99. The summed E-state index contributed by atoms with van der Waals surface area (Å²) in [4.78, 5) is 0. The van der Waals surface area contributed by atoms with Crippen LogP contribution in [-0.2, 0) is 0 Å². The van der Waals surface area contributed by atoms with Crippen LogP contribution in [0.25, 0.3) is 0 Å². The van der Waals surface area contributed by atoms with Gasteiger partial charge in [0.2, 0.25) is 0 Å². The van der Waals surface area contributed by atoms with Crippen molar-refractivity contribution in [1.29, 1.82) is 5.26 Å². The van der Waals surface area contributed by atoms with E-state index in [9.17, 15) is 0 Å². The highest BCUT2D eigenvalue weighted by atomic mass is 79.9. The maximum atomic E-state index is 9.09. The van der Waals surface area contributed by atoms with Crippen molar-refractivity contribution in [3.63, 3.8) is 0 Å². The summed E-state index contributed by atoms with van der Waals surface area (Å²) in [5, 5.41) is 9.09. The topological polar surface area (TPSA) is 59.0 Å². The highest BCUT2D eigenvalue weighted by Gasteiger charge is 2.09. The van der Waals surface area contributed by atoms with Crippen molar-refractivity contribution in [2.75, 3.05) is 5.73 Å². The summed E-state index contributed by atoms with van der Waals surface area (Å²) in [6.45, 7) is 1.95. The summed E-state index contributed by atoms with van der Waals surface area (Å²) in [7, 11) is 0. The first-order valence-corrected chi connectivity index (χ1v) is 6.13. The minimum atomic E-state index is 0.444. The van der Waals surface area contributed by atoms with E-state index in [4.69, 9.17) is 15.7 Å². The van der Waals surface area contributed by atoms with Crippen LogP contribution in [0.3, 0.4) is 0 Å². The molecule has 0 heterocycles. The third kappa shape index (κ3) is 2.47. The number of para-hydroxylation sites is 1. The summed E-state index contributed by atoms with van der Waals surface area (Å²) >= 11 is 3.29. The molecule has 3 nitrogen and oxygen atoms in total. The number of benzene rings is 2. The van der Waals surface area contributed by atoms with Crippen LogP contribution in [0.15, 0.2) is 40.9 Å². The first kappa shape index (κ1) is 12.5. The smallest absolute Gasteiger partial charge is 0.147 e. The number of ether oxygens (including phenoxy) is 1. The fraction of sp³-hybridized carbons (Fsp3) is 0.0714. The van der Waals surface area contributed by atoms with E-state index in [2.05, 4.69) is 22.0 Å². The molecule has 0 amide bonds. The summed E-state index contributed by atoms with van der Waals surface area (Å²) in [6, 6.07) is 13.0. The Morgan fingerprint density at radius 3 is 2.61 bits per heavy atom. The van der Waals surface area contributed by atoms with Gasteiger partial charge in [0.05, 0.1) is 5.56 Å². The molecule has 2 N–H and O–H groups in total. The normalized spacial score (nSPS) is 9.83. The molecule has 0 radical (unpaired) electrons. The lowest BCUT2D eigenvalue weighted by molar-refractivity contribution is 0.477. The molecular weight excluding hydrogens is 292 g/mol. The van der Waals surface area contributed by atoms with Crippen LogP contribution in [0.4, 0.5) is 5.69 Å². The Morgan fingerprint density at radius 1 is 1.22 bits per heavy atom. The van der Waals surface area contributed by atoms with Crippen molar-refractivity contribution >= 4 is 21.6 Å². The molecule has 90 valence electrons. The standard InChI is InChI=1S/C14H11BrN2O/c1-9-4-2-3-5-13(9)18-14-7-12(17)11(15)6-10(14)8-16/h2-7H,17H2,1H3. The average Bonchev–Trinajstić information content (AvgIpc) is 2.36. The SMILES string of the molecule is Cc1ccccc1Oc1cc(N)c(Br)cc1C#N. The predicted molar refractivity (Wildman–Crippen MR) is 74.5 cm³/mol. The average molecular weight is 303 g/mol. The van der Waals surface area contributed by atoms with Crippen LogP contribution in [0.5, 0.6) is 11.5 Å². The van der Waals surface area contributed by atoms with Crippen LogP contribution in [0, 0.1) is 18.3 Å². The zero-order chi connectivity index (χ0) is 13.1. The summed E-state index contributed by atoms with van der Waals surface area (Å²) in [6.07, 6.45) is 0. The van der Waals surface area contributed by atoms with Crippen LogP contribution in [0.1, 0.15) is 11.1 Å². The Balaban J connectivity index is 2.44. The molecule has 18 heavy (non-hydrogen) atoms. The Kier molecular flexibility index (Phi) is 3.54. The van der Waals surface area contributed by atoms with E-state index in [1.165, 1.54) is 0 Å². The molecule has 0 aliphatic heterocycles. The molecule has 0 atom stereocenters. The second-order valence-electron chi connectivity index (χ2n) is 3.85. The summed E-state index contributed by atoms with van der Waals surface area (Å²) in [5.74, 6) is 1.18. The van der Waals surface area contributed by atoms with Crippen molar-refractivity contribution in [1.82, 2.24) is 0 Å². The number of nitrogen functional groups attached to an aromatic ring is 1. The number of nitriles is 1. The van der Waals surface area contributed by atoms with E-state index in [-0.39, 0.29) is 0 Å². The maximum Gasteiger partial charge on any atom is 0.147 e. The van der Waals surface area contributed by atoms with Crippen molar-refractivity contribution in [3.05, 3.63) is 52.0 Å². The van der Waals surface area contributed by atoms with Gasteiger partial charge in [-0.3, -0.25) is 0 Å². The van der Waals surface area contributed by atoms with Crippen LogP contribution < -0.4 is 10.5 Å². The molecule has 0 saturated carbocycles. The number of nitrogens with zero attached hydrogens (tertiary/aromatic N) is 1. The molecule has 0 aliphatic rings. The Bertz CT molecular complexity index is 632. The number of aryl methyl sites for hydroxylation is 1. The summed E-state index contributed by atoms with van der Waals surface area (Å²) < 4.78 is 6.43. The monoisotopic (exact) mass is 302 g/mol. The van der Waals surface area contributed by atoms with Gasteiger partial charge in [-0.05, 0) is 40.5 Å². The van der Waals surface area contributed by atoms with E-state index < -0.39 is 0 Å². The molecule has 0 fully saturated rings. The number of anilines is 1. The Morgan fingerprint density at radius 2 is 1.94 bits per heavy atom. The highest BCUT2D eigenvalue weighted by Crippen LogP contribution is 2.32. The van der Waals surface area contributed by atoms with E-state index in [0.717, 1.165) is 11.3 Å². The van der Waals surface area contributed by atoms with Gasteiger partial charge in [-0.15, -0.1) is 0 Å². The van der Waals surface area contributed by atoms with Crippen LogP contribution in [0.2, 0.25) is 0 Å². The molecule has 0 aromatic heterocycles. The molecule has 2 aromatic carbocycles. The number of hydrogen-bond acceptors (Lipinski definition) is 3. The zero-order valence-electron chi connectivity index (χ0n) is 9.77. The van der Waals surface area contributed by atoms with Gasteiger partial charge in [-0.1, -0.05) is 18.2 Å². The van der Waals surface area contributed by atoms with Gasteiger partial charge >= 0.3 is 0 Å². The predicted octanol–water partition coefficient (Wildman–Crippen LogP) is 4.00. The van der Waals surface area contributed by atoms with Gasteiger partial charge in [0, 0.05) is 16.2 Å². The lowest BCUT2D eigenvalue weighted by atomic mass is 10.2. The number of rotatable bonds is 2. The molecule has 4 heteroatoms. The third-order valence-corrected chi connectivity index (χ3v) is 3.22. The van der Waals surface area contributed by atoms with Gasteiger partial charge in [0.15, 0.2) is 0 Å². The minimum absolute atomic E-state index is 0.444. The maximum absolute atomic E-state index is 9.09. The quantitative estimate of drug-likeness (QED) is 0.853. The second kappa shape index (κ2) is 5.11. The zero-order valence-corrected chi connectivity index (χ0v) is 11.4. The van der Waals surface area contributed by atoms with Crippen molar-refractivity contribution < 1.29 is 4.74 Å². The second-order valence-corrected chi connectivity index (χ2v) is 4.70. The molecule has 0 spiro atoms. The van der Waals surface area contributed by atoms with Crippen LogP contribution in [-0.4, -0.2) is 0 Å². The van der Waals surface area contributed by atoms with Gasteiger partial charge in [0.25, 0.3) is 0 Å². The van der Waals surface area contributed by atoms with E-state index in [1.807, 2.05) is 31.2 Å². The highest BCUT2D eigenvalue weighted by molar-refractivity contribution is 9.10. The van der Waals surface area contributed by atoms with Gasteiger partial charge in [0.1, 0.15) is 17.6 Å². The molecule has 2 aromatic rings.